The van der Waals surface area contributed by atoms with Gasteiger partial charge in [0.15, 0.2) is 5.78 Å². The van der Waals surface area contributed by atoms with Crippen LogP contribution in [0.5, 0.6) is 0 Å². The third-order valence-corrected chi connectivity index (χ3v) is 6.53. The van der Waals surface area contributed by atoms with Crippen molar-refractivity contribution in [3.8, 4) is 0 Å². The average molecular weight is 304 g/mol. The molecule has 0 saturated heterocycles. The molecule has 2 unspecified atom stereocenters. The molecule has 0 bridgehead atoms. The standard InChI is InChI=1S/C20H16OS/c1-14-10-12-15(13-11-14)22-18-8-4-2-6-16(18)20(21)17-7-3-5-9-19(17)22/h2-13,16H,1H3. The van der Waals surface area contributed by atoms with E-state index in [1.165, 1.54) is 15.3 Å². The van der Waals surface area contributed by atoms with Crippen LogP contribution in [-0.4, -0.2) is 10.6 Å². The summed E-state index contributed by atoms with van der Waals surface area (Å²) in [6.45, 7) is 2.10. The highest BCUT2D eigenvalue weighted by Gasteiger charge is 2.32. The lowest BCUT2D eigenvalue weighted by molar-refractivity contribution is 0.0969. The monoisotopic (exact) mass is 304 g/mol. The van der Waals surface area contributed by atoms with Crippen LogP contribution in [0.15, 0.2) is 82.6 Å². The minimum Gasteiger partial charge on any atom is -0.293 e. The zero-order chi connectivity index (χ0) is 15.1. The molecule has 2 aromatic rings. The molecular formula is C20H16OS. The van der Waals surface area contributed by atoms with Crippen molar-refractivity contribution in [2.75, 3.05) is 0 Å². The largest absolute Gasteiger partial charge is 0.293 e. The van der Waals surface area contributed by atoms with Crippen molar-refractivity contribution in [3.63, 3.8) is 0 Å². The molecule has 0 saturated carbocycles. The van der Waals surface area contributed by atoms with Crippen LogP contribution in [0.1, 0.15) is 15.9 Å². The van der Waals surface area contributed by atoms with E-state index in [0.717, 1.165) is 10.5 Å². The molecule has 22 heavy (non-hydrogen) atoms. The first-order chi connectivity index (χ1) is 10.8. The minimum absolute atomic E-state index is 0.107. The van der Waals surface area contributed by atoms with Gasteiger partial charge in [0.25, 0.3) is 0 Å². The predicted molar refractivity (Wildman–Crippen MR) is 92.9 cm³/mol. The van der Waals surface area contributed by atoms with Crippen molar-refractivity contribution in [2.45, 2.75) is 16.7 Å². The van der Waals surface area contributed by atoms with Crippen molar-refractivity contribution in [3.05, 3.63) is 84.0 Å². The number of benzene rings is 2. The molecule has 108 valence electrons. The van der Waals surface area contributed by atoms with Crippen LogP contribution < -0.4 is 0 Å². The maximum Gasteiger partial charge on any atom is 0.175 e. The van der Waals surface area contributed by atoms with Crippen LogP contribution in [-0.2, 0) is 0 Å². The van der Waals surface area contributed by atoms with E-state index in [-0.39, 0.29) is 22.2 Å². The second-order valence-electron chi connectivity index (χ2n) is 5.60. The first-order valence-electron chi connectivity index (χ1n) is 7.41. The number of ketones is 1. The van der Waals surface area contributed by atoms with Crippen LogP contribution in [0.4, 0.5) is 0 Å². The lowest BCUT2D eigenvalue weighted by Gasteiger charge is -2.28. The number of carbonyl (C=O) groups excluding carboxylic acids is 1. The summed E-state index contributed by atoms with van der Waals surface area (Å²) >= 11 is 0. The van der Waals surface area contributed by atoms with Gasteiger partial charge in [-0.2, -0.15) is 0 Å². The SMILES string of the molecule is Cc1ccc(S2=C3C=CC=CC3C(=O)c3ccccc32)cc1. The number of Topliss-reactive ketones (excluding diaryl/α,β-unsaturated/α-hetero) is 1. The van der Waals surface area contributed by atoms with E-state index in [4.69, 9.17) is 0 Å². The Morgan fingerprint density at radius 3 is 2.55 bits per heavy atom. The van der Waals surface area contributed by atoms with E-state index in [9.17, 15) is 4.79 Å². The average Bonchev–Trinajstić information content (AvgIpc) is 2.57. The van der Waals surface area contributed by atoms with Crippen molar-refractivity contribution >= 4 is 21.1 Å². The number of fused-ring (bicyclic) bond motifs is 2. The first kappa shape index (κ1) is 13.5. The number of allylic oxidation sites excluding steroid dienone is 4. The van der Waals surface area contributed by atoms with E-state index in [1.54, 1.807) is 0 Å². The van der Waals surface area contributed by atoms with Crippen LogP contribution in [0.2, 0.25) is 0 Å². The van der Waals surface area contributed by atoms with Gasteiger partial charge in [-0.15, -0.1) is 10.5 Å². The molecule has 0 radical (unpaired) electrons. The number of hydrogen-bond donors (Lipinski definition) is 0. The molecule has 0 fully saturated rings. The van der Waals surface area contributed by atoms with E-state index in [0.29, 0.717) is 0 Å². The Hall–Kier alpha value is -2.19. The molecular weight excluding hydrogens is 288 g/mol. The third kappa shape index (κ3) is 2.03. The Kier molecular flexibility index (Phi) is 3.20. The van der Waals surface area contributed by atoms with Crippen LogP contribution in [0.3, 0.4) is 0 Å². The summed E-state index contributed by atoms with van der Waals surface area (Å²) < 4.78 is 0. The molecule has 2 aliphatic rings. The molecule has 1 nitrogen and oxygen atoms in total. The van der Waals surface area contributed by atoms with Gasteiger partial charge < -0.3 is 0 Å². The second-order valence-corrected chi connectivity index (χ2v) is 7.60. The highest BCUT2D eigenvalue weighted by Crippen LogP contribution is 2.46. The zero-order valence-electron chi connectivity index (χ0n) is 12.3. The van der Waals surface area contributed by atoms with Crippen LogP contribution >= 0.6 is 10.5 Å². The second kappa shape index (κ2) is 5.22. The summed E-state index contributed by atoms with van der Waals surface area (Å²) in [5.41, 5.74) is 2.13. The van der Waals surface area contributed by atoms with Gasteiger partial charge in [0, 0.05) is 15.4 Å². The summed E-state index contributed by atoms with van der Waals surface area (Å²) in [4.78, 5) is 16.4. The van der Waals surface area contributed by atoms with Gasteiger partial charge >= 0.3 is 0 Å². The summed E-state index contributed by atoms with van der Waals surface area (Å²) in [5.74, 6) is 0.117. The minimum atomic E-state index is -0.171. The summed E-state index contributed by atoms with van der Waals surface area (Å²) in [6.07, 6.45) is 8.18. The third-order valence-electron chi connectivity index (χ3n) is 4.13. The Bertz CT molecular complexity index is 854. The highest BCUT2D eigenvalue weighted by atomic mass is 32.2. The number of rotatable bonds is 1. The zero-order valence-corrected chi connectivity index (χ0v) is 13.1. The molecule has 0 spiro atoms. The molecule has 4 rings (SSSR count). The molecule has 1 heterocycles. The smallest absolute Gasteiger partial charge is 0.175 e. The quantitative estimate of drug-likeness (QED) is 0.692. The fraction of sp³-hybridized carbons (Fsp3) is 0.100. The molecule has 0 aromatic heterocycles. The fourth-order valence-corrected chi connectivity index (χ4v) is 5.46. The van der Waals surface area contributed by atoms with Crippen molar-refractivity contribution in [2.24, 2.45) is 5.92 Å². The first-order valence-corrected chi connectivity index (χ1v) is 8.64. The molecule has 2 aromatic carbocycles. The summed E-state index contributed by atoms with van der Waals surface area (Å²) in [7, 11) is -0.171. The van der Waals surface area contributed by atoms with E-state index in [1.807, 2.05) is 36.4 Å². The lowest BCUT2D eigenvalue weighted by atomic mass is 9.91. The Morgan fingerprint density at radius 1 is 0.955 bits per heavy atom. The Morgan fingerprint density at radius 2 is 1.73 bits per heavy atom. The number of carbonyl (C=O) groups is 1. The van der Waals surface area contributed by atoms with Crippen molar-refractivity contribution in [1.82, 2.24) is 0 Å². The Labute approximate surface area is 132 Å². The Balaban J connectivity index is 2.03. The molecule has 2 atom stereocenters. The van der Waals surface area contributed by atoms with Gasteiger partial charge in [0.2, 0.25) is 0 Å². The van der Waals surface area contributed by atoms with Gasteiger partial charge in [-0.3, -0.25) is 4.79 Å². The summed E-state index contributed by atoms with van der Waals surface area (Å²) in [6, 6.07) is 16.8. The molecule has 1 aliphatic carbocycles. The molecule has 2 heteroatoms. The normalized spacial score (nSPS) is 22.4. The lowest BCUT2D eigenvalue weighted by Crippen LogP contribution is -2.27. The van der Waals surface area contributed by atoms with E-state index >= 15 is 0 Å². The molecule has 1 aliphatic heterocycles. The van der Waals surface area contributed by atoms with Gasteiger partial charge in [-0.05, 0) is 30.0 Å². The fourth-order valence-electron chi connectivity index (χ4n) is 3.02. The van der Waals surface area contributed by atoms with Gasteiger partial charge in [-0.1, -0.05) is 60.2 Å². The topological polar surface area (TPSA) is 17.1 Å². The van der Waals surface area contributed by atoms with E-state index < -0.39 is 0 Å². The number of aryl methyl sites for hydroxylation is 1. The van der Waals surface area contributed by atoms with Gasteiger partial charge in [0.05, 0.1) is 5.92 Å². The van der Waals surface area contributed by atoms with Crippen LogP contribution in [0.25, 0.3) is 0 Å². The van der Waals surface area contributed by atoms with Gasteiger partial charge in [-0.25, -0.2) is 0 Å². The van der Waals surface area contributed by atoms with Crippen molar-refractivity contribution in [1.29, 1.82) is 0 Å². The van der Waals surface area contributed by atoms with E-state index in [2.05, 4.69) is 43.3 Å². The van der Waals surface area contributed by atoms with Crippen LogP contribution in [0, 0.1) is 12.8 Å². The molecule has 0 amide bonds. The summed E-state index contributed by atoms with van der Waals surface area (Å²) in [5, 5.41) is 0. The molecule has 0 N–H and O–H groups in total. The van der Waals surface area contributed by atoms with Gasteiger partial charge in [0.1, 0.15) is 0 Å². The maximum absolute atomic E-state index is 12.8. The maximum atomic E-state index is 12.8. The number of hydrogen-bond acceptors (Lipinski definition) is 1. The van der Waals surface area contributed by atoms with Crippen molar-refractivity contribution < 1.29 is 4.79 Å². The highest BCUT2D eigenvalue weighted by molar-refractivity contribution is 8.16. The predicted octanol–water partition coefficient (Wildman–Crippen LogP) is 4.79.